The lowest BCUT2D eigenvalue weighted by Crippen LogP contribution is -2.51. The molecule has 0 saturated carbocycles. The number of nitrogen functional groups attached to an aromatic ring is 1. The molecule has 0 radical (unpaired) electrons. The molecule has 0 spiro atoms. The number of nitrogens with one attached hydrogen (secondary N) is 1. The topological polar surface area (TPSA) is 92.4 Å². The molecule has 8 rings (SSSR count). The number of nitrogens with zero attached hydrogens (tertiary/aromatic N) is 5. The maximum Gasteiger partial charge on any atom is 0.319 e. The van der Waals surface area contributed by atoms with Crippen molar-refractivity contribution < 1.29 is 22.3 Å². The largest absolute Gasteiger partial charge is 0.461 e. The summed E-state index contributed by atoms with van der Waals surface area (Å²) in [6.45, 7) is 2.77. The van der Waals surface area contributed by atoms with Gasteiger partial charge in [0.05, 0.1) is 15.8 Å². The molecule has 6 heterocycles. The zero-order valence-corrected chi connectivity index (χ0v) is 23.5. The highest BCUT2D eigenvalue weighted by molar-refractivity contribution is 7.22. The standard InChI is InChI=1S/C29H29F4N7OS/c30-14-9-29(6-1-7-40(29)10-14)13-41-28-37-23-18(26(38-28)39-11-15-2-3-16(12-39)35-15)5-4-17(22(23)33)21-19(31)8-20(32)25-24(21)36-27(34)42-25/h4-5,8,14-16,35H,1-3,6-7,9-13H2,(H2,34,36). The van der Waals surface area contributed by atoms with E-state index in [0.717, 1.165) is 49.6 Å². The Bertz CT molecular complexity index is 1720. The second kappa shape index (κ2) is 9.61. The summed E-state index contributed by atoms with van der Waals surface area (Å²) in [5.74, 6) is -2.01. The van der Waals surface area contributed by atoms with E-state index in [4.69, 9.17) is 15.5 Å². The number of piperazine rings is 1. The Morgan fingerprint density at radius 2 is 1.86 bits per heavy atom. The minimum Gasteiger partial charge on any atom is -0.461 e. The van der Waals surface area contributed by atoms with Crippen LogP contribution in [0.4, 0.5) is 28.5 Å². The number of aromatic nitrogens is 3. The predicted molar refractivity (Wildman–Crippen MR) is 153 cm³/mol. The molecule has 220 valence electrons. The number of alkyl halides is 1. The fourth-order valence-electron chi connectivity index (χ4n) is 7.53. The Morgan fingerprint density at radius 3 is 2.67 bits per heavy atom. The summed E-state index contributed by atoms with van der Waals surface area (Å²) in [6, 6.07) is 4.44. The Labute approximate surface area is 242 Å². The number of anilines is 2. The van der Waals surface area contributed by atoms with Crippen LogP contribution in [0.15, 0.2) is 18.2 Å². The van der Waals surface area contributed by atoms with Crippen molar-refractivity contribution in [3.8, 4) is 17.1 Å². The number of hydrogen-bond acceptors (Lipinski definition) is 9. The number of fused-ring (bicyclic) bond motifs is 5. The Hall–Kier alpha value is -3.29. The first-order chi connectivity index (χ1) is 20.3. The molecule has 4 aliphatic rings. The van der Waals surface area contributed by atoms with Crippen molar-refractivity contribution >= 4 is 43.4 Å². The van der Waals surface area contributed by atoms with Crippen LogP contribution in [0, 0.1) is 17.5 Å². The summed E-state index contributed by atoms with van der Waals surface area (Å²) in [5, 5.41) is 4.11. The van der Waals surface area contributed by atoms with E-state index in [0.29, 0.717) is 49.3 Å². The number of nitrogens with two attached hydrogens (primary N) is 1. The zero-order chi connectivity index (χ0) is 28.7. The predicted octanol–water partition coefficient (Wildman–Crippen LogP) is 4.80. The third-order valence-corrected chi connectivity index (χ3v) is 10.3. The van der Waals surface area contributed by atoms with Crippen molar-refractivity contribution in [2.75, 3.05) is 43.4 Å². The van der Waals surface area contributed by atoms with E-state index in [1.54, 1.807) is 6.07 Å². The normalized spacial score (nSPS) is 27.4. The molecule has 4 fully saturated rings. The molecule has 4 atom stereocenters. The SMILES string of the molecule is Nc1nc2c(-c3ccc4c(N5CC6CCC(C5)N6)nc(OCC56CCCN5CC(F)C6)nc4c3F)c(F)cc(F)c2s1. The van der Waals surface area contributed by atoms with Gasteiger partial charge in [0.2, 0.25) is 0 Å². The first-order valence-electron chi connectivity index (χ1n) is 14.4. The van der Waals surface area contributed by atoms with Crippen LogP contribution in [0.2, 0.25) is 0 Å². The number of halogens is 4. The van der Waals surface area contributed by atoms with Gasteiger partial charge >= 0.3 is 6.01 Å². The van der Waals surface area contributed by atoms with Crippen LogP contribution in [0.3, 0.4) is 0 Å². The van der Waals surface area contributed by atoms with Crippen LogP contribution in [-0.4, -0.2) is 76.4 Å². The number of ether oxygens (including phenoxy) is 1. The molecule has 2 aromatic carbocycles. The van der Waals surface area contributed by atoms with Gasteiger partial charge in [-0.15, -0.1) is 0 Å². The van der Waals surface area contributed by atoms with Crippen molar-refractivity contribution in [1.82, 2.24) is 25.2 Å². The molecule has 8 nitrogen and oxygen atoms in total. The van der Waals surface area contributed by atoms with Crippen molar-refractivity contribution in [1.29, 1.82) is 0 Å². The lowest BCUT2D eigenvalue weighted by atomic mass is 9.95. The van der Waals surface area contributed by atoms with E-state index >= 15 is 8.78 Å². The number of hydrogen-bond donors (Lipinski definition) is 2. The summed E-state index contributed by atoms with van der Waals surface area (Å²) in [6.07, 6.45) is 3.32. The maximum absolute atomic E-state index is 16.5. The van der Waals surface area contributed by atoms with Gasteiger partial charge in [0.25, 0.3) is 0 Å². The van der Waals surface area contributed by atoms with Gasteiger partial charge in [-0.1, -0.05) is 17.4 Å². The lowest BCUT2D eigenvalue weighted by molar-refractivity contribution is 0.107. The van der Waals surface area contributed by atoms with Crippen LogP contribution in [-0.2, 0) is 0 Å². The van der Waals surface area contributed by atoms with Crippen molar-refractivity contribution in [3.63, 3.8) is 0 Å². The molecular weight excluding hydrogens is 570 g/mol. The molecule has 4 aliphatic heterocycles. The minimum atomic E-state index is -0.949. The van der Waals surface area contributed by atoms with Gasteiger partial charge < -0.3 is 20.7 Å². The molecule has 4 saturated heterocycles. The number of rotatable bonds is 5. The number of thiazole rings is 1. The van der Waals surface area contributed by atoms with Gasteiger partial charge in [-0.05, 0) is 38.3 Å². The van der Waals surface area contributed by atoms with Gasteiger partial charge in [-0.3, -0.25) is 4.90 Å². The fraction of sp³-hybridized carbons (Fsp3) is 0.483. The lowest BCUT2D eigenvalue weighted by Gasteiger charge is -2.34. The average molecular weight is 600 g/mol. The zero-order valence-electron chi connectivity index (χ0n) is 22.7. The summed E-state index contributed by atoms with van der Waals surface area (Å²) in [5.41, 5.74) is 5.02. The van der Waals surface area contributed by atoms with E-state index in [-0.39, 0.29) is 44.6 Å². The third kappa shape index (κ3) is 4.11. The quantitative estimate of drug-likeness (QED) is 0.316. The molecule has 0 aliphatic carbocycles. The first-order valence-corrected chi connectivity index (χ1v) is 15.2. The van der Waals surface area contributed by atoms with Gasteiger partial charge in [-0.25, -0.2) is 22.5 Å². The van der Waals surface area contributed by atoms with E-state index in [1.807, 2.05) is 0 Å². The molecular formula is C29H29F4N7OS. The second-order valence-electron chi connectivity index (χ2n) is 12.0. The monoisotopic (exact) mass is 599 g/mol. The van der Waals surface area contributed by atoms with Crippen molar-refractivity contribution in [2.45, 2.75) is 55.9 Å². The first kappa shape index (κ1) is 26.3. The smallest absolute Gasteiger partial charge is 0.319 e. The van der Waals surface area contributed by atoms with E-state index in [2.05, 4.69) is 25.1 Å². The summed E-state index contributed by atoms with van der Waals surface area (Å²) in [7, 11) is 0. The van der Waals surface area contributed by atoms with Crippen LogP contribution in [0.5, 0.6) is 6.01 Å². The summed E-state index contributed by atoms with van der Waals surface area (Å²) in [4.78, 5) is 17.6. The average Bonchev–Trinajstić information content (AvgIpc) is 3.70. The summed E-state index contributed by atoms with van der Waals surface area (Å²) < 4.78 is 66.9. The molecule has 2 aromatic heterocycles. The Balaban J connectivity index is 1.26. The molecule has 4 aromatic rings. The van der Waals surface area contributed by atoms with Crippen LogP contribution >= 0.6 is 11.3 Å². The Kier molecular flexibility index (Phi) is 6.03. The van der Waals surface area contributed by atoms with Gasteiger partial charge in [0, 0.05) is 60.7 Å². The van der Waals surface area contributed by atoms with Crippen LogP contribution < -0.4 is 20.7 Å². The molecule has 2 bridgehead atoms. The molecule has 42 heavy (non-hydrogen) atoms. The fourth-order valence-corrected chi connectivity index (χ4v) is 8.28. The molecule has 4 unspecified atom stereocenters. The van der Waals surface area contributed by atoms with Crippen LogP contribution in [0.1, 0.15) is 32.1 Å². The highest BCUT2D eigenvalue weighted by Crippen LogP contribution is 2.42. The van der Waals surface area contributed by atoms with Crippen LogP contribution in [0.25, 0.3) is 32.2 Å². The van der Waals surface area contributed by atoms with Gasteiger partial charge in [-0.2, -0.15) is 9.97 Å². The summed E-state index contributed by atoms with van der Waals surface area (Å²) >= 11 is 0.875. The molecule has 13 heteroatoms. The van der Waals surface area contributed by atoms with E-state index in [1.165, 1.54) is 6.07 Å². The maximum atomic E-state index is 16.5. The second-order valence-corrected chi connectivity index (χ2v) is 13.0. The van der Waals surface area contributed by atoms with Gasteiger partial charge in [0.1, 0.15) is 35.7 Å². The van der Waals surface area contributed by atoms with E-state index < -0.39 is 29.2 Å². The number of benzene rings is 2. The van der Waals surface area contributed by atoms with Crippen molar-refractivity contribution in [3.05, 3.63) is 35.7 Å². The highest BCUT2D eigenvalue weighted by Gasteiger charge is 2.49. The van der Waals surface area contributed by atoms with Gasteiger partial charge in [0.15, 0.2) is 10.9 Å². The van der Waals surface area contributed by atoms with Crippen molar-refractivity contribution in [2.24, 2.45) is 0 Å². The third-order valence-electron chi connectivity index (χ3n) is 9.37. The molecule has 0 amide bonds. The highest BCUT2D eigenvalue weighted by atomic mass is 32.1. The Morgan fingerprint density at radius 1 is 1.05 bits per heavy atom. The molecule has 3 N–H and O–H groups in total. The van der Waals surface area contributed by atoms with E-state index in [9.17, 15) is 8.78 Å². The minimum absolute atomic E-state index is 0.00871.